The van der Waals surface area contributed by atoms with Gasteiger partial charge in [0, 0.05) is 17.3 Å². The van der Waals surface area contributed by atoms with E-state index < -0.39 is 4.92 Å². The molecule has 2 aromatic heterocycles. The molecule has 6 heteroatoms. The van der Waals surface area contributed by atoms with E-state index in [1.807, 2.05) is 13.0 Å². The second kappa shape index (κ2) is 3.97. The minimum absolute atomic E-state index is 0.0450. The number of hydrogen-bond donors (Lipinski definition) is 0. The van der Waals surface area contributed by atoms with Crippen molar-refractivity contribution in [2.75, 3.05) is 0 Å². The molecule has 0 unspecified atom stereocenters. The lowest BCUT2D eigenvalue weighted by atomic mass is 10.1. The van der Waals surface area contributed by atoms with Crippen LogP contribution in [0.4, 0.5) is 5.69 Å². The van der Waals surface area contributed by atoms with Gasteiger partial charge in [0.25, 0.3) is 5.69 Å². The quantitative estimate of drug-likeness (QED) is 0.592. The van der Waals surface area contributed by atoms with Crippen molar-refractivity contribution in [2.24, 2.45) is 0 Å². The molecule has 0 amide bonds. The fourth-order valence-electron chi connectivity index (χ4n) is 1.44. The van der Waals surface area contributed by atoms with Crippen LogP contribution in [0.2, 0.25) is 0 Å². The summed E-state index contributed by atoms with van der Waals surface area (Å²) in [5.41, 5.74) is 2.36. The van der Waals surface area contributed by atoms with Crippen LogP contribution >= 0.6 is 11.5 Å². The molecule has 0 N–H and O–H groups in total. The number of rotatable bonds is 2. The summed E-state index contributed by atoms with van der Waals surface area (Å²) in [6, 6.07) is 1.90. The Morgan fingerprint density at radius 1 is 1.38 bits per heavy atom. The first-order valence-electron chi connectivity index (χ1n) is 4.62. The van der Waals surface area contributed by atoms with Crippen LogP contribution in [-0.2, 0) is 0 Å². The molecule has 0 saturated heterocycles. The van der Waals surface area contributed by atoms with E-state index in [0.717, 1.165) is 16.1 Å². The maximum Gasteiger partial charge on any atom is 0.291 e. The highest BCUT2D eigenvalue weighted by atomic mass is 32.1. The Hall–Kier alpha value is -1.82. The van der Waals surface area contributed by atoms with Crippen LogP contribution in [0, 0.1) is 24.0 Å². The molecule has 0 atom stereocenters. The van der Waals surface area contributed by atoms with Crippen molar-refractivity contribution >= 4 is 17.2 Å². The SMILES string of the molecule is Cc1cc(-c2cncc([N+](=O)[O-])c2C)sn1. The van der Waals surface area contributed by atoms with Gasteiger partial charge in [0.15, 0.2) is 0 Å². The Balaban J connectivity index is 2.58. The van der Waals surface area contributed by atoms with E-state index in [1.165, 1.54) is 17.7 Å². The van der Waals surface area contributed by atoms with E-state index in [1.54, 1.807) is 13.1 Å². The monoisotopic (exact) mass is 235 g/mol. The summed E-state index contributed by atoms with van der Waals surface area (Å²) >= 11 is 1.32. The van der Waals surface area contributed by atoms with Crippen LogP contribution in [-0.4, -0.2) is 14.3 Å². The summed E-state index contributed by atoms with van der Waals surface area (Å²) < 4.78 is 4.15. The Labute approximate surface area is 96.1 Å². The molecule has 2 rings (SSSR count). The van der Waals surface area contributed by atoms with Gasteiger partial charge in [0.1, 0.15) is 6.20 Å². The molecule has 5 nitrogen and oxygen atoms in total. The smallest absolute Gasteiger partial charge is 0.258 e. The molecule has 2 aromatic rings. The van der Waals surface area contributed by atoms with Crippen LogP contribution in [0.25, 0.3) is 10.4 Å². The van der Waals surface area contributed by atoms with E-state index in [4.69, 9.17) is 0 Å². The fourth-order valence-corrected chi connectivity index (χ4v) is 2.26. The molecule has 0 aliphatic carbocycles. The molecule has 82 valence electrons. The van der Waals surface area contributed by atoms with E-state index in [0.29, 0.717) is 5.56 Å². The highest BCUT2D eigenvalue weighted by molar-refractivity contribution is 7.09. The van der Waals surface area contributed by atoms with Crippen molar-refractivity contribution in [3.63, 3.8) is 0 Å². The maximum atomic E-state index is 10.8. The lowest BCUT2D eigenvalue weighted by Gasteiger charge is -2.01. The second-order valence-electron chi connectivity index (χ2n) is 3.42. The second-order valence-corrected chi connectivity index (χ2v) is 4.23. The number of nitrogens with zero attached hydrogens (tertiary/aromatic N) is 3. The maximum absolute atomic E-state index is 10.8. The van der Waals surface area contributed by atoms with E-state index >= 15 is 0 Å². The van der Waals surface area contributed by atoms with Gasteiger partial charge in [-0.05, 0) is 31.4 Å². The van der Waals surface area contributed by atoms with Gasteiger partial charge in [-0.2, -0.15) is 4.37 Å². The highest BCUT2D eigenvalue weighted by Crippen LogP contribution is 2.31. The lowest BCUT2D eigenvalue weighted by molar-refractivity contribution is -0.385. The van der Waals surface area contributed by atoms with Crippen LogP contribution in [0.1, 0.15) is 11.3 Å². The number of aromatic nitrogens is 2. The molecular weight excluding hydrogens is 226 g/mol. The third kappa shape index (κ3) is 1.79. The molecule has 0 bridgehead atoms. The first-order chi connectivity index (χ1) is 7.59. The van der Waals surface area contributed by atoms with Crippen LogP contribution in [0.15, 0.2) is 18.5 Å². The normalized spacial score (nSPS) is 10.4. The number of aryl methyl sites for hydroxylation is 1. The Morgan fingerprint density at radius 2 is 2.12 bits per heavy atom. The average Bonchev–Trinajstić information content (AvgIpc) is 2.64. The molecule has 0 spiro atoms. The van der Waals surface area contributed by atoms with E-state index in [2.05, 4.69) is 9.36 Å². The van der Waals surface area contributed by atoms with Crippen LogP contribution in [0.3, 0.4) is 0 Å². The Kier molecular flexibility index (Phi) is 2.66. The molecule has 0 radical (unpaired) electrons. The summed E-state index contributed by atoms with van der Waals surface area (Å²) in [5, 5.41) is 10.8. The topological polar surface area (TPSA) is 68.9 Å². The third-order valence-electron chi connectivity index (χ3n) is 2.28. The number of nitro groups is 1. The van der Waals surface area contributed by atoms with Gasteiger partial charge in [-0.3, -0.25) is 15.1 Å². The number of pyridine rings is 1. The first-order valence-corrected chi connectivity index (χ1v) is 5.39. The highest BCUT2D eigenvalue weighted by Gasteiger charge is 2.16. The van der Waals surface area contributed by atoms with Gasteiger partial charge >= 0.3 is 0 Å². The zero-order valence-corrected chi connectivity index (χ0v) is 9.61. The molecule has 0 aliphatic rings. The summed E-state index contributed by atoms with van der Waals surface area (Å²) in [6.07, 6.45) is 2.90. The van der Waals surface area contributed by atoms with Crippen molar-refractivity contribution in [1.29, 1.82) is 0 Å². The van der Waals surface area contributed by atoms with E-state index in [9.17, 15) is 10.1 Å². The Morgan fingerprint density at radius 3 is 2.69 bits per heavy atom. The molecule has 2 heterocycles. The van der Waals surface area contributed by atoms with Gasteiger partial charge in [-0.25, -0.2) is 0 Å². The molecule has 0 saturated carbocycles. The Bertz CT molecular complexity index is 551. The van der Waals surface area contributed by atoms with Gasteiger partial charge in [-0.15, -0.1) is 0 Å². The third-order valence-corrected chi connectivity index (χ3v) is 3.19. The minimum Gasteiger partial charge on any atom is -0.258 e. The van der Waals surface area contributed by atoms with Gasteiger partial charge in [-0.1, -0.05) is 0 Å². The predicted molar refractivity (Wildman–Crippen MR) is 61.5 cm³/mol. The lowest BCUT2D eigenvalue weighted by Crippen LogP contribution is -1.94. The fraction of sp³-hybridized carbons (Fsp3) is 0.200. The molecular formula is C10H9N3O2S. The standard InChI is InChI=1S/C10H9N3O2S/c1-6-3-10(16-12-6)8-4-11-5-9(7(8)2)13(14)15/h3-5H,1-2H3. The van der Waals surface area contributed by atoms with Crippen LogP contribution in [0.5, 0.6) is 0 Å². The molecule has 16 heavy (non-hydrogen) atoms. The van der Waals surface area contributed by atoms with Crippen LogP contribution < -0.4 is 0 Å². The average molecular weight is 235 g/mol. The minimum atomic E-state index is -0.417. The van der Waals surface area contributed by atoms with E-state index in [-0.39, 0.29) is 5.69 Å². The van der Waals surface area contributed by atoms with Crippen molar-refractivity contribution in [1.82, 2.24) is 9.36 Å². The van der Waals surface area contributed by atoms with Crippen molar-refractivity contribution < 1.29 is 4.92 Å². The van der Waals surface area contributed by atoms with Crippen molar-refractivity contribution in [2.45, 2.75) is 13.8 Å². The summed E-state index contributed by atoms with van der Waals surface area (Å²) in [7, 11) is 0. The van der Waals surface area contributed by atoms with Gasteiger partial charge in [0.05, 0.1) is 15.5 Å². The molecule has 0 fully saturated rings. The van der Waals surface area contributed by atoms with Crippen molar-refractivity contribution in [3.05, 3.63) is 39.8 Å². The largest absolute Gasteiger partial charge is 0.291 e. The zero-order valence-electron chi connectivity index (χ0n) is 8.80. The summed E-state index contributed by atoms with van der Waals surface area (Å²) in [4.78, 5) is 15.1. The van der Waals surface area contributed by atoms with Gasteiger partial charge < -0.3 is 0 Å². The molecule has 0 aromatic carbocycles. The number of hydrogen-bond acceptors (Lipinski definition) is 5. The summed E-state index contributed by atoms with van der Waals surface area (Å²) in [5.74, 6) is 0. The molecule has 0 aliphatic heterocycles. The first kappa shape index (κ1) is 10.7. The van der Waals surface area contributed by atoms with Crippen molar-refractivity contribution in [3.8, 4) is 10.4 Å². The zero-order chi connectivity index (χ0) is 11.7. The van der Waals surface area contributed by atoms with Gasteiger partial charge in [0.2, 0.25) is 0 Å². The predicted octanol–water partition coefficient (Wildman–Crippen LogP) is 2.73. The summed E-state index contributed by atoms with van der Waals surface area (Å²) in [6.45, 7) is 3.62.